The molecule has 2 aliphatic rings. The van der Waals surface area contributed by atoms with E-state index in [-0.39, 0.29) is 0 Å². The molecule has 5 unspecified atom stereocenters. The maximum Gasteiger partial charge on any atom is 0.0731 e. The van der Waals surface area contributed by atoms with Crippen LogP contribution in [0.2, 0.25) is 0 Å². The molecule has 1 aliphatic carbocycles. The SMILES string of the molecule is CCCNC(C1CCC(C)C(C)C1)C1CCCO1. The predicted octanol–water partition coefficient (Wildman–Crippen LogP) is 3.61. The summed E-state index contributed by atoms with van der Waals surface area (Å²) < 4.78 is 5.96. The summed E-state index contributed by atoms with van der Waals surface area (Å²) in [6.07, 6.45) is 8.43. The molecule has 0 aromatic carbocycles. The molecule has 106 valence electrons. The Hall–Kier alpha value is -0.0800. The lowest BCUT2D eigenvalue weighted by Gasteiger charge is -2.39. The van der Waals surface area contributed by atoms with Gasteiger partial charge in [0.25, 0.3) is 0 Å². The van der Waals surface area contributed by atoms with Crippen molar-refractivity contribution in [2.45, 2.75) is 71.4 Å². The van der Waals surface area contributed by atoms with Gasteiger partial charge in [0.15, 0.2) is 0 Å². The van der Waals surface area contributed by atoms with E-state index in [1.54, 1.807) is 0 Å². The fraction of sp³-hybridized carbons (Fsp3) is 1.00. The predicted molar refractivity (Wildman–Crippen MR) is 76.7 cm³/mol. The smallest absolute Gasteiger partial charge is 0.0731 e. The highest BCUT2D eigenvalue weighted by Crippen LogP contribution is 2.37. The van der Waals surface area contributed by atoms with E-state index >= 15 is 0 Å². The van der Waals surface area contributed by atoms with Gasteiger partial charge in [0.05, 0.1) is 6.10 Å². The van der Waals surface area contributed by atoms with Crippen molar-refractivity contribution in [2.75, 3.05) is 13.2 Å². The van der Waals surface area contributed by atoms with Crippen LogP contribution >= 0.6 is 0 Å². The summed E-state index contributed by atoms with van der Waals surface area (Å²) in [6, 6.07) is 0.613. The maximum absolute atomic E-state index is 5.96. The number of nitrogens with one attached hydrogen (secondary N) is 1. The van der Waals surface area contributed by atoms with Crippen LogP contribution in [0.25, 0.3) is 0 Å². The monoisotopic (exact) mass is 253 g/mol. The molecular formula is C16H31NO. The van der Waals surface area contributed by atoms with Gasteiger partial charge in [0.1, 0.15) is 0 Å². The van der Waals surface area contributed by atoms with Crippen LogP contribution in [0, 0.1) is 17.8 Å². The lowest BCUT2D eigenvalue weighted by Crippen LogP contribution is -2.47. The van der Waals surface area contributed by atoms with Gasteiger partial charge in [-0.15, -0.1) is 0 Å². The Labute approximate surface area is 113 Å². The second-order valence-corrected chi connectivity index (χ2v) is 6.56. The summed E-state index contributed by atoms with van der Waals surface area (Å²) >= 11 is 0. The van der Waals surface area contributed by atoms with Crippen LogP contribution in [0.3, 0.4) is 0 Å². The van der Waals surface area contributed by atoms with Crippen molar-refractivity contribution in [1.29, 1.82) is 0 Å². The minimum atomic E-state index is 0.488. The first-order chi connectivity index (χ1) is 8.72. The zero-order chi connectivity index (χ0) is 13.0. The molecule has 1 N–H and O–H groups in total. The van der Waals surface area contributed by atoms with Crippen molar-refractivity contribution in [3.05, 3.63) is 0 Å². The van der Waals surface area contributed by atoms with Gasteiger partial charge in [-0.25, -0.2) is 0 Å². The molecule has 2 rings (SSSR count). The molecule has 0 aromatic heterocycles. The van der Waals surface area contributed by atoms with Crippen LogP contribution in [0.15, 0.2) is 0 Å². The zero-order valence-corrected chi connectivity index (χ0v) is 12.5. The highest BCUT2D eigenvalue weighted by molar-refractivity contribution is 4.90. The molecule has 0 spiro atoms. The molecule has 2 nitrogen and oxygen atoms in total. The van der Waals surface area contributed by atoms with Gasteiger partial charge in [-0.2, -0.15) is 0 Å². The van der Waals surface area contributed by atoms with Crippen LogP contribution in [0.5, 0.6) is 0 Å². The van der Waals surface area contributed by atoms with Gasteiger partial charge in [-0.05, 0) is 56.4 Å². The molecule has 0 amide bonds. The average molecular weight is 253 g/mol. The first kappa shape index (κ1) is 14.3. The number of hydrogen-bond donors (Lipinski definition) is 1. The maximum atomic E-state index is 5.96. The fourth-order valence-corrected chi connectivity index (χ4v) is 3.71. The number of ether oxygens (including phenoxy) is 1. The quantitative estimate of drug-likeness (QED) is 0.808. The molecule has 0 bridgehead atoms. The molecule has 0 aromatic rings. The largest absolute Gasteiger partial charge is 0.377 e. The van der Waals surface area contributed by atoms with Gasteiger partial charge >= 0.3 is 0 Å². The third kappa shape index (κ3) is 3.48. The molecular weight excluding hydrogens is 222 g/mol. The van der Waals surface area contributed by atoms with Gasteiger partial charge in [0, 0.05) is 12.6 Å². The molecule has 1 heterocycles. The summed E-state index contributed by atoms with van der Waals surface area (Å²) in [7, 11) is 0. The highest BCUT2D eigenvalue weighted by atomic mass is 16.5. The Morgan fingerprint density at radius 1 is 1.17 bits per heavy atom. The molecule has 1 saturated carbocycles. The Morgan fingerprint density at radius 3 is 2.61 bits per heavy atom. The van der Waals surface area contributed by atoms with Crippen LogP contribution in [0.1, 0.15) is 59.3 Å². The summed E-state index contributed by atoms with van der Waals surface area (Å²) in [5.41, 5.74) is 0. The first-order valence-electron chi connectivity index (χ1n) is 8.07. The van der Waals surface area contributed by atoms with Crippen molar-refractivity contribution < 1.29 is 4.74 Å². The van der Waals surface area contributed by atoms with Crippen molar-refractivity contribution in [3.63, 3.8) is 0 Å². The molecule has 0 radical (unpaired) electrons. The van der Waals surface area contributed by atoms with E-state index in [0.29, 0.717) is 12.1 Å². The molecule has 5 atom stereocenters. The topological polar surface area (TPSA) is 21.3 Å². The Kier molecular flexibility index (Phi) is 5.50. The molecule has 2 fully saturated rings. The Balaban J connectivity index is 1.94. The van der Waals surface area contributed by atoms with Crippen LogP contribution in [0.4, 0.5) is 0 Å². The lowest BCUT2D eigenvalue weighted by molar-refractivity contribution is 0.0383. The average Bonchev–Trinajstić information content (AvgIpc) is 2.88. The zero-order valence-electron chi connectivity index (χ0n) is 12.5. The number of hydrogen-bond acceptors (Lipinski definition) is 2. The van der Waals surface area contributed by atoms with E-state index in [0.717, 1.165) is 30.9 Å². The fourth-order valence-electron chi connectivity index (χ4n) is 3.71. The number of rotatable bonds is 5. The second-order valence-electron chi connectivity index (χ2n) is 6.56. The van der Waals surface area contributed by atoms with E-state index in [9.17, 15) is 0 Å². The third-order valence-electron chi connectivity index (χ3n) is 5.14. The van der Waals surface area contributed by atoms with Crippen LogP contribution in [-0.4, -0.2) is 25.3 Å². The minimum Gasteiger partial charge on any atom is -0.377 e. The molecule has 1 saturated heterocycles. The van der Waals surface area contributed by atoms with E-state index in [1.807, 2.05) is 0 Å². The summed E-state index contributed by atoms with van der Waals surface area (Å²) in [5.74, 6) is 2.64. The second kappa shape index (κ2) is 6.91. The van der Waals surface area contributed by atoms with Crippen LogP contribution < -0.4 is 5.32 Å². The Morgan fingerprint density at radius 2 is 2.00 bits per heavy atom. The summed E-state index contributed by atoms with van der Waals surface area (Å²) in [6.45, 7) is 9.23. The highest BCUT2D eigenvalue weighted by Gasteiger charge is 2.35. The molecule has 1 aliphatic heterocycles. The van der Waals surface area contributed by atoms with Gasteiger partial charge in [-0.3, -0.25) is 0 Å². The standard InChI is InChI=1S/C16H31NO/c1-4-9-17-16(15-6-5-10-18-15)14-8-7-12(2)13(3)11-14/h12-17H,4-11H2,1-3H3. The van der Waals surface area contributed by atoms with Gasteiger partial charge in [-0.1, -0.05) is 27.2 Å². The van der Waals surface area contributed by atoms with Crippen molar-refractivity contribution in [1.82, 2.24) is 5.32 Å². The first-order valence-corrected chi connectivity index (χ1v) is 8.07. The van der Waals surface area contributed by atoms with Crippen molar-refractivity contribution in [3.8, 4) is 0 Å². The van der Waals surface area contributed by atoms with E-state index in [4.69, 9.17) is 4.74 Å². The van der Waals surface area contributed by atoms with Crippen molar-refractivity contribution in [2.24, 2.45) is 17.8 Å². The Bertz CT molecular complexity index is 237. The molecule has 2 heteroatoms. The van der Waals surface area contributed by atoms with E-state index in [2.05, 4.69) is 26.1 Å². The van der Waals surface area contributed by atoms with E-state index < -0.39 is 0 Å². The summed E-state index contributed by atoms with van der Waals surface area (Å²) in [4.78, 5) is 0. The third-order valence-corrected chi connectivity index (χ3v) is 5.14. The van der Waals surface area contributed by atoms with Gasteiger partial charge < -0.3 is 10.1 Å². The van der Waals surface area contributed by atoms with E-state index in [1.165, 1.54) is 38.5 Å². The minimum absolute atomic E-state index is 0.488. The van der Waals surface area contributed by atoms with Crippen LogP contribution in [-0.2, 0) is 4.74 Å². The lowest BCUT2D eigenvalue weighted by atomic mass is 9.72. The van der Waals surface area contributed by atoms with Gasteiger partial charge in [0.2, 0.25) is 0 Å². The molecule has 18 heavy (non-hydrogen) atoms. The van der Waals surface area contributed by atoms with Crippen molar-refractivity contribution >= 4 is 0 Å². The normalized spacial score (nSPS) is 38.8. The summed E-state index contributed by atoms with van der Waals surface area (Å²) in [5, 5.41) is 3.79.